The molecule has 19 heavy (non-hydrogen) atoms. The predicted molar refractivity (Wildman–Crippen MR) is 79.2 cm³/mol. The van der Waals surface area contributed by atoms with E-state index in [0.29, 0.717) is 18.2 Å². The lowest BCUT2D eigenvalue weighted by atomic mass is 9.99. The molecular formula is C13H23N3O2S. The molecule has 1 fully saturated rings. The Labute approximate surface area is 118 Å². The van der Waals surface area contributed by atoms with Crippen LogP contribution in [0.15, 0.2) is 0 Å². The second-order valence-electron chi connectivity index (χ2n) is 6.11. The van der Waals surface area contributed by atoms with Crippen LogP contribution in [0.2, 0.25) is 0 Å². The van der Waals surface area contributed by atoms with Crippen molar-refractivity contribution >= 4 is 22.4 Å². The predicted octanol–water partition coefficient (Wildman–Crippen LogP) is 2.52. The third-order valence-corrected chi connectivity index (χ3v) is 3.83. The minimum Gasteiger partial charge on any atom is -0.487 e. The summed E-state index contributed by atoms with van der Waals surface area (Å²) in [6.45, 7) is 12.6. The molecule has 5 nitrogen and oxygen atoms in total. The van der Waals surface area contributed by atoms with Crippen molar-refractivity contribution in [3.63, 3.8) is 0 Å². The van der Waals surface area contributed by atoms with Crippen LogP contribution in [0, 0.1) is 0 Å². The summed E-state index contributed by atoms with van der Waals surface area (Å²) in [4.78, 5) is 2.27. The molecule has 0 aliphatic carbocycles. The number of nitrogens with two attached hydrogens (primary N) is 1. The normalized spacial score (nSPS) is 21.4. The molecule has 1 aromatic heterocycles. The van der Waals surface area contributed by atoms with Crippen LogP contribution in [-0.2, 0) is 4.74 Å². The SMILES string of the molecule is CCOc1c(N)nsc1N1CC(C)(C)OC(C)(C)C1. The molecule has 1 aromatic rings. The van der Waals surface area contributed by atoms with Crippen molar-refractivity contribution < 1.29 is 9.47 Å². The van der Waals surface area contributed by atoms with Crippen LogP contribution < -0.4 is 15.4 Å². The number of aromatic nitrogens is 1. The van der Waals surface area contributed by atoms with Crippen molar-refractivity contribution in [1.82, 2.24) is 4.37 Å². The largest absolute Gasteiger partial charge is 0.487 e. The minimum atomic E-state index is -0.204. The van der Waals surface area contributed by atoms with Crippen LogP contribution >= 0.6 is 11.5 Å². The lowest BCUT2D eigenvalue weighted by Crippen LogP contribution is -2.57. The van der Waals surface area contributed by atoms with Crippen molar-refractivity contribution in [3.8, 4) is 5.75 Å². The van der Waals surface area contributed by atoms with Gasteiger partial charge in [0.25, 0.3) is 0 Å². The average molecular weight is 285 g/mol. The summed E-state index contributed by atoms with van der Waals surface area (Å²) in [6.07, 6.45) is 0. The molecule has 0 saturated carbocycles. The van der Waals surface area contributed by atoms with Gasteiger partial charge in [-0.05, 0) is 46.2 Å². The standard InChI is InChI=1S/C13H23N3O2S/c1-6-17-9-10(14)15-19-11(9)16-7-12(2,3)18-13(4,5)8-16/h6-8H2,1-5H3,(H2,14,15). The van der Waals surface area contributed by atoms with Crippen molar-refractivity contribution in [2.75, 3.05) is 30.3 Å². The number of anilines is 2. The fourth-order valence-electron chi connectivity index (χ4n) is 2.70. The third kappa shape index (κ3) is 3.12. The van der Waals surface area contributed by atoms with E-state index in [4.69, 9.17) is 15.2 Å². The monoisotopic (exact) mass is 285 g/mol. The zero-order valence-electron chi connectivity index (χ0n) is 12.3. The fourth-order valence-corrected chi connectivity index (χ4v) is 3.46. The van der Waals surface area contributed by atoms with E-state index in [1.54, 1.807) is 0 Å². The Hall–Kier alpha value is -1.01. The van der Waals surface area contributed by atoms with Gasteiger partial charge in [-0.2, -0.15) is 4.37 Å². The van der Waals surface area contributed by atoms with E-state index in [1.807, 2.05) is 6.92 Å². The highest BCUT2D eigenvalue weighted by Gasteiger charge is 2.39. The van der Waals surface area contributed by atoms with Gasteiger partial charge in [0, 0.05) is 13.1 Å². The van der Waals surface area contributed by atoms with Gasteiger partial charge in [-0.15, -0.1) is 0 Å². The molecule has 1 aliphatic heterocycles. The molecule has 2 N–H and O–H groups in total. The lowest BCUT2D eigenvalue weighted by molar-refractivity contribution is -0.132. The van der Waals surface area contributed by atoms with Gasteiger partial charge < -0.3 is 20.1 Å². The molecule has 0 unspecified atom stereocenters. The minimum absolute atomic E-state index is 0.204. The van der Waals surface area contributed by atoms with Crippen molar-refractivity contribution in [2.24, 2.45) is 0 Å². The summed E-state index contributed by atoms with van der Waals surface area (Å²) in [5, 5.41) is 1.00. The molecular weight excluding hydrogens is 262 g/mol. The van der Waals surface area contributed by atoms with Crippen molar-refractivity contribution in [2.45, 2.75) is 45.8 Å². The molecule has 108 valence electrons. The summed E-state index contributed by atoms with van der Waals surface area (Å²) < 4.78 is 15.9. The van der Waals surface area contributed by atoms with Gasteiger partial charge in [0.05, 0.1) is 17.8 Å². The Morgan fingerprint density at radius 2 is 1.89 bits per heavy atom. The summed E-state index contributed by atoms with van der Waals surface area (Å²) >= 11 is 1.39. The Morgan fingerprint density at radius 1 is 1.32 bits per heavy atom. The van der Waals surface area contributed by atoms with Gasteiger partial charge >= 0.3 is 0 Å². The Kier molecular flexibility index (Phi) is 3.66. The van der Waals surface area contributed by atoms with E-state index >= 15 is 0 Å². The first-order valence-corrected chi connectivity index (χ1v) is 7.34. The second-order valence-corrected chi connectivity index (χ2v) is 6.86. The summed E-state index contributed by atoms with van der Waals surface area (Å²) in [5.41, 5.74) is 5.48. The fraction of sp³-hybridized carbons (Fsp3) is 0.769. The number of ether oxygens (including phenoxy) is 2. The molecule has 2 heterocycles. The number of nitrogens with zero attached hydrogens (tertiary/aromatic N) is 2. The molecule has 0 radical (unpaired) electrons. The molecule has 1 saturated heterocycles. The number of hydrogen-bond acceptors (Lipinski definition) is 6. The highest BCUT2D eigenvalue weighted by atomic mass is 32.1. The van der Waals surface area contributed by atoms with Gasteiger partial charge in [0.2, 0.25) is 0 Å². The van der Waals surface area contributed by atoms with Crippen LogP contribution in [-0.4, -0.2) is 35.3 Å². The van der Waals surface area contributed by atoms with E-state index in [0.717, 1.165) is 18.1 Å². The Morgan fingerprint density at radius 3 is 2.42 bits per heavy atom. The molecule has 0 amide bonds. The highest BCUT2D eigenvalue weighted by Crippen LogP contribution is 2.41. The third-order valence-electron chi connectivity index (χ3n) is 2.93. The Bertz CT molecular complexity index is 441. The second kappa shape index (κ2) is 4.83. The number of nitrogen functional groups attached to an aromatic ring is 1. The maximum Gasteiger partial charge on any atom is 0.197 e. The molecule has 0 aromatic carbocycles. The van der Waals surface area contributed by atoms with E-state index < -0.39 is 0 Å². The maximum absolute atomic E-state index is 6.09. The smallest absolute Gasteiger partial charge is 0.197 e. The molecule has 6 heteroatoms. The highest BCUT2D eigenvalue weighted by molar-refractivity contribution is 7.11. The molecule has 2 rings (SSSR count). The van der Waals surface area contributed by atoms with Gasteiger partial charge in [-0.3, -0.25) is 0 Å². The zero-order valence-corrected chi connectivity index (χ0v) is 13.1. The first-order chi connectivity index (χ1) is 8.74. The first kappa shape index (κ1) is 14.4. The number of hydrogen-bond donors (Lipinski definition) is 1. The van der Waals surface area contributed by atoms with Gasteiger partial charge in [-0.25, -0.2) is 0 Å². The van der Waals surface area contributed by atoms with E-state index in [9.17, 15) is 0 Å². The molecule has 0 atom stereocenters. The van der Waals surface area contributed by atoms with E-state index in [1.165, 1.54) is 11.5 Å². The average Bonchev–Trinajstić information content (AvgIpc) is 2.57. The zero-order chi connectivity index (χ0) is 14.3. The molecule has 1 aliphatic rings. The van der Waals surface area contributed by atoms with Crippen molar-refractivity contribution in [1.29, 1.82) is 0 Å². The summed E-state index contributed by atoms with van der Waals surface area (Å²) in [5.74, 6) is 1.19. The van der Waals surface area contributed by atoms with Crippen LogP contribution in [0.4, 0.5) is 10.8 Å². The van der Waals surface area contributed by atoms with Gasteiger partial charge in [-0.1, -0.05) is 0 Å². The van der Waals surface area contributed by atoms with Crippen LogP contribution in [0.5, 0.6) is 5.75 Å². The molecule has 0 bridgehead atoms. The lowest BCUT2D eigenvalue weighted by Gasteiger charge is -2.47. The number of morpholine rings is 1. The maximum atomic E-state index is 6.09. The number of rotatable bonds is 3. The van der Waals surface area contributed by atoms with Crippen LogP contribution in [0.25, 0.3) is 0 Å². The van der Waals surface area contributed by atoms with Gasteiger partial charge in [0.1, 0.15) is 0 Å². The quantitative estimate of drug-likeness (QED) is 0.924. The Balaban J connectivity index is 2.31. The first-order valence-electron chi connectivity index (χ1n) is 6.57. The van der Waals surface area contributed by atoms with E-state index in [-0.39, 0.29) is 11.2 Å². The van der Waals surface area contributed by atoms with Crippen LogP contribution in [0.3, 0.4) is 0 Å². The van der Waals surface area contributed by atoms with Crippen LogP contribution in [0.1, 0.15) is 34.6 Å². The summed E-state index contributed by atoms with van der Waals surface area (Å²) in [7, 11) is 0. The molecule has 0 spiro atoms. The van der Waals surface area contributed by atoms with E-state index in [2.05, 4.69) is 37.0 Å². The van der Waals surface area contributed by atoms with Gasteiger partial charge in [0.15, 0.2) is 16.6 Å². The topological polar surface area (TPSA) is 60.6 Å². The summed E-state index contributed by atoms with van der Waals surface area (Å²) in [6, 6.07) is 0. The van der Waals surface area contributed by atoms with Crippen molar-refractivity contribution in [3.05, 3.63) is 0 Å².